The van der Waals surface area contributed by atoms with Crippen LogP contribution in [-0.4, -0.2) is 46.1 Å². The summed E-state index contributed by atoms with van der Waals surface area (Å²) in [4.78, 5) is 30.6. The highest BCUT2D eigenvalue weighted by atomic mass is 35.5. The first-order valence-corrected chi connectivity index (χ1v) is 10.6. The van der Waals surface area contributed by atoms with Gasteiger partial charge in [0, 0.05) is 30.2 Å². The number of nitrogens with zero attached hydrogens (tertiary/aromatic N) is 2. The van der Waals surface area contributed by atoms with Gasteiger partial charge in [-0.3, -0.25) is 14.6 Å². The monoisotopic (exact) mass is 469 g/mol. The van der Waals surface area contributed by atoms with Gasteiger partial charge in [0.2, 0.25) is 5.91 Å². The number of pyridine rings is 1. The molecule has 3 aromatic rings. The molecule has 1 saturated heterocycles. The summed E-state index contributed by atoms with van der Waals surface area (Å²) in [5.41, 5.74) is 2.35. The first-order valence-electron chi connectivity index (χ1n) is 10.2. The van der Waals surface area contributed by atoms with Gasteiger partial charge in [0.25, 0.3) is 5.91 Å². The molecule has 4 rings (SSSR count). The van der Waals surface area contributed by atoms with Gasteiger partial charge in [0.1, 0.15) is 18.5 Å². The van der Waals surface area contributed by atoms with Crippen molar-refractivity contribution >= 4 is 29.1 Å². The molecule has 2 N–H and O–H groups in total. The zero-order valence-electron chi connectivity index (χ0n) is 17.4. The van der Waals surface area contributed by atoms with Crippen LogP contribution in [0.3, 0.4) is 0 Å². The van der Waals surface area contributed by atoms with E-state index in [1.54, 1.807) is 47.6 Å². The summed E-state index contributed by atoms with van der Waals surface area (Å²) in [6.45, 7) is -0.0716. The second kappa shape index (κ2) is 10.1. The number of rotatable bonds is 6. The van der Waals surface area contributed by atoms with Crippen molar-refractivity contribution in [1.29, 1.82) is 0 Å². The van der Waals surface area contributed by atoms with E-state index in [0.717, 1.165) is 17.2 Å². The lowest BCUT2D eigenvalue weighted by Gasteiger charge is -2.40. The molecule has 170 valence electrons. The van der Waals surface area contributed by atoms with Gasteiger partial charge in [0.15, 0.2) is 0 Å². The Hall–Kier alpha value is -3.33. The van der Waals surface area contributed by atoms with Crippen LogP contribution in [0.25, 0.3) is 0 Å². The third-order valence-corrected chi connectivity index (χ3v) is 5.69. The fourth-order valence-corrected chi connectivity index (χ4v) is 3.89. The molecule has 0 bridgehead atoms. The third-order valence-electron chi connectivity index (χ3n) is 5.40. The van der Waals surface area contributed by atoms with E-state index < -0.39 is 23.9 Å². The zero-order chi connectivity index (χ0) is 23.4. The molecule has 0 aliphatic carbocycles. The minimum atomic E-state index is -0.598. The second-order valence-electron chi connectivity index (χ2n) is 7.57. The highest BCUT2D eigenvalue weighted by Crippen LogP contribution is 2.31. The van der Waals surface area contributed by atoms with Crippen LogP contribution in [0.2, 0.25) is 5.02 Å². The van der Waals surface area contributed by atoms with Crippen molar-refractivity contribution in [3.8, 4) is 0 Å². The topological polar surface area (TPSA) is 91.8 Å². The molecule has 1 fully saturated rings. The number of anilines is 1. The molecule has 2 aromatic carbocycles. The SMILES string of the molecule is O=C(Nc1ccc([C@H]2OCC(=O)N(Cc3cccnc3)[C@@H]2CO)cc1)c1ccc(F)c(Cl)c1. The summed E-state index contributed by atoms with van der Waals surface area (Å²) >= 11 is 5.75. The third kappa shape index (κ3) is 5.19. The zero-order valence-corrected chi connectivity index (χ0v) is 18.2. The van der Waals surface area contributed by atoms with E-state index in [9.17, 15) is 19.1 Å². The number of ether oxygens (including phenoxy) is 1. The Morgan fingerprint density at radius 3 is 2.70 bits per heavy atom. The van der Waals surface area contributed by atoms with Gasteiger partial charge in [-0.15, -0.1) is 0 Å². The molecular weight excluding hydrogens is 449 g/mol. The second-order valence-corrected chi connectivity index (χ2v) is 7.98. The Balaban J connectivity index is 1.48. The number of aromatic nitrogens is 1. The van der Waals surface area contributed by atoms with E-state index >= 15 is 0 Å². The Kier molecular flexibility index (Phi) is 6.98. The predicted octanol–water partition coefficient (Wildman–Crippen LogP) is 3.59. The van der Waals surface area contributed by atoms with Crippen molar-refractivity contribution in [3.63, 3.8) is 0 Å². The molecule has 7 nitrogen and oxygen atoms in total. The van der Waals surface area contributed by atoms with Gasteiger partial charge in [-0.25, -0.2) is 4.39 Å². The van der Waals surface area contributed by atoms with Gasteiger partial charge >= 0.3 is 0 Å². The van der Waals surface area contributed by atoms with Crippen LogP contribution < -0.4 is 5.32 Å². The van der Waals surface area contributed by atoms with Gasteiger partial charge < -0.3 is 20.1 Å². The minimum Gasteiger partial charge on any atom is -0.394 e. The molecule has 0 spiro atoms. The van der Waals surface area contributed by atoms with E-state index in [2.05, 4.69) is 10.3 Å². The Morgan fingerprint density at radius 2 is 2.03 bits per heavy atom. The molecule has 9 heteroatoms. The summed E-state index contributed by atoms with van der Waals surface area (Å²) in [7, 11) is 0. The maximum atomic E-state index is 13.3. The van der Waals surface area contributed by atoms with E-state index in [0.29, 0.717) is 12.2 Å². The standard InChI is InChI=1S/C24H21ClFN3O4/c25-19-10-17(5-8-20(19)26)24(32)28-18-6-3-16(4-7-18)23-21(13-30)29(22(31)14-33-23)12-15-2-1-9-27-11-15/h1-11,21,23,30H,12-14H2,(H,28,32)/t21-,23-/m1/s1. The van der Waals surface area contributed by atoms with Crippen LogP contribution in [0, 0.1) is 5.82 Å². The summed E-state index contributed by atoms with van der Waals surface area (Å²) in [6.07, 6.45) is 2.80. The van der Waals surface area contributed by atoms with Crippen molar-refractivity contribution in [1.82, 2.24) is 9.88 Å². The van der Waals surface area contributed by atoms with Crippen LogP contribution in [0.15, 0.2) is 67.0 Å². The van der Waals surface area contributed by atoms with E-state index in [1.165, 1.54) is 12.1 Å². The number of hydrogen-bond donors (Lipinski definition) is 2. The minimum absolute atomic E-state index is 0.106. The van der Waals surface area contributed by atoms with Crippen LogP contribution >= 0.6 is 11.6 Å². The number of aliphatic hydroxyl groups is 1. The predicted molar refractivity (Wildman–Crippen MR) is 120 cm³/mol. The number of halogens is 2. The summed E-state index contributed by atoms with van der Waals surface area (Å²) in [6, 6.07) is 13.7. The highest BCUT2D eigenvalue weighted by Gasteiger charge is 2.37. The molecule has 1 aliphatic heterocycles. The van der Waals surface area contributed by atoms with E-state index in [-0.39, 0.29) is 29.7 Å². The normalized spacial score (nSPS) is 18.3. The van der Waals surface area contributed by atoms with Crippen molar-refractivity contribution in [2.75, 3.05) is 18.5 Å². The van der Waals surface area contributed by atoms with Crippen molar-refractivity contribution in [2.45, 2.75) is 18.7 Å². The number of amides is 2. The highest BCUT2D eigenvalue weighted by molar-refractivity contribution is 6.31. The average molecular weight is 470 g/mol. The van der Waals surface area contributed by atoms with Crippen LogP contribution in [0.5, 0.6) is 0 Å². The van der Waals surface area contributed by atoms with Crippen LogP contribution in [0.1, 0.15) is 27.6 Å². The summed E-state index contributed by atoms with van der Waals surface area (Å²) < 4.78 is 19.1. The van der Waals surface area contributed by atoms with E-state index in [1.807, 2.05) is 6.07 Å². The molecule has 0 unspecified atom stereocenters. The molecule has 1 aromatic heterocycles. The molecule has 1 aliphatic rings. The van der Waals surface area contributed by atoms with Crippen molar-refractivity contribution in [2.24, 2.45) is 0 Å². The molecule has 2 heterocycles. The molecule has 33 heavy (non-hydrogen) atoms. The number of hydrogen-bond acceptors (Lipinski definition) is 5. The Bertz CT molecular complexity index is 1140. The molecule has 2 atom stereocenters. The maximum Gasteiger partial charge on any atom is 0.255 e. The first-order chi connectivity index (χ1) is 16.0. The van der Waals surface area contributed by atoms with Gasteiger partial charge in [-0.2, -0.15) is 0 Å². The Labute approximate surface area is 194 Å². The van der Waals surface area contributed by atoms with Gasteiger partial charge in [0.05, 0.1) is 17.7 Å². The molecule has 0 radical (unpaired) electrons. The molecule has 0 saturated carbocycles. The van der Waals surface area contributed by atoms with Crippen LogP contribution in [0.4, 0.5) is 10.1 Å². The summed E-state index contributed by atoms with van der Waals surface area (Å²) in [5, 5.41) is 12.6. The largest absolute Gasteiger partial charge is 0.394 e. The van der Waals surface area contributed by atoms with E-state index in [4.69, 9.17) is 16.3 Å². The fraction of sp³-hybridized carbons (Fsp3) is 0.208. The number of nitrogens with one attached hydrogen (secondary N) is 1. The number of carbonyl (C=O) groups excluding carboxylic acids is 2. The molecular formula is C24H21ClFN3O4. The number of benzene rings is 2. The fourth-order valence-electron chi connectivity index (χ4n) is 3.71. The lowest BCUT2D eigenvalue weighted by molar-refractivity contribution is -0.162. The first kappa shape index (κ1) is 22.8. The lowest BCUT2D eigenvalue weighted by atomic mass is 9.98. The smallest absolute Gasteiger partial charge is 0.255 e. The lowest BCUT2D eigenvalue weighted by Crippen LogP contribution is -2.52. The van der Waals surface area contributed by atoms with Gasteiger partial charge in [-0.05, 0) is 47.5 Å². The van der Waals surface area contributed by atoms with Crippen molar-refractivity contribution < 1.29 is 23.8 Å². The van der Waals surface area contributed by atoms with Crippen LogP contribution in [-0.2, 0) is 16.1 Å². The Morgan fingerprint density at radius 1 is 1.24 bits per heavy atom. The van der Waals surface area contributed by atoms with Gasteiger partial charge in [-0.1, -0.05) is 29.8 Å². The number of morpholine rings is 1. The maximum absolute atomic E-state index is 13.3. The number of aliphatic hydroxyl groups excluding tert-OH is 1. The number of carbonyl (C=O) groups is 2. The average Bonchev–Trinajstić information content (AvgIpc) is 2.83. The van der Waals surface area contributed by atoms with Crippen molar-refractivity contribution in [3.05, 3.63) is 94.5 Å². The quantitative estimate of drug-likeness (QED) is 0.575. The molecule has 2 amide bonds. The summed E-state index contributed by atoms with van der Waals surface area (Å²) in [5.74, 6) is -1.24.